The summed E-state index contributed by atoms with van der Waals surface area (Å²) in [4.78, 5) is 7.18. The largest absolute Gasteiger partial charge is 0.383 e. The number of aromatic nitrogens is 1. The SMILES string of the molecule is CC1(C)CC(c2cc3ccccc3nc2N)CC(C)(C)N1CBr. The van der Waals surface area contributed by atoms with Gasteiger partial charge < -0.3 is 5.73 Å². The number of hydrogen-bond acceptors (Lipinski definition) is 3. The third-order valence-corrected chi connectivity index (χ3v) is 5.80. The standard InChI is InChI=1S/C19H26BrN3/c1-18(2)10-14(11-19(3,4)23(18)12-20)15-9-13-7-5-6-8-16(13)22-17(15)21/h5-9,14H,10-12H2,1-4H3,(H2,21,22). The fourth-order valence-corrected chi connectivity index (χ4v) is 5.69. The number of benzene rings is 1. The number of nitrogens with zero attached hydrogens (tertiary/aromatic N) is 2. The zero-order valence-electron chi connectivity index (χ0n) is 14.4. The zero-order valence-corrected chi connectivity index (χ0v) is 16.0. The van der Waals surface area contributed by atoms with Crippen molar-refractivity contribution >= 4 is 32.7 Å². The van der Waals surface area contributed by atoms with Crippen LogP contribution in [0.3, 0.4) is 0 Å². The number of alkyl halides is 1. The lowest BCUT2D eigenvalue weighted by Crippen LogP contribution is -2.59. The molecule has 1 aliphatic heterocycles. The van der Waals surface area contributed by atoms with Crippen molar-refractivity contribution < 1.29 is 0 Å². The van der Waals surface area contributed by atoms with E-state index < -0.39 is 0 Å². The molecule has 2 heterocycles. The summed E-state index contributed by atoms with van der Waals surface area (Å²) < 4.78 is 0. The normalized spacial score (nSPS) is 21.6. The maximum absolute atomic E-state index is 6.33. The van der Waals surface area contributed by atoms with Gasteiger partial charge in [-0.15, -0.1) is 0 Å². The third-order valence-electron chi connectivity index (χ3n) is 5.30. The number of anilines is 1. The number of rotatable bonds is 2. The van der Waals surface area contributed by atoms with Gasteiger partial charge in [-0.05, 0) is 64.2 Å². The van der Waals surface area contributed by atoms with Gasteiger partial charge in [0, 0.05) is 16.5 Å². The summed E-state index contributed by atoms with van der Waals surface area (Å²) in [7, 11) is 0. The number of nitrogen functional groups attached to an aromatic ring is 1. The fourth-order valence-electron chi connectivity index (χ4n) is 4.34. The molecule has 1 aromatic heterocycles. The van der Waals surface area contributed by atoms with Gasteiger partial charge in [0.2, 0.25) is 0 Å². The number of para-hydroxylation sites is 1. The molecule has 0 amide bonds. The van der Waals surface area contributed by atoms with Gasteiger partial charge in [-0.2, -0.15) is 0 Å². The monoisotopic (exact) mass is 375 g/mol. The first kappa shape index (κ1) is 16.7. The Morgan fingerprint density at radius 1 is 1.17 bits per heavy atom. The first-order valence-corrected chi connectivity index (χ1v) is 9.36. The Labute approximate surface area is 147 Å². The van der Waals surface area contributed by atoms with E-state index in [0.29, 0.717) is 11.7 Å². The Hall–Kier alpha value is -1.13. The van der Waals surface area contributed by atoms with E-state index >= 15 is 0 Å². The van der Waals surface area contributed by atoms with Crippen LogP contribution >= 0.6 is 15.9 Å². The molecule has 2 N–H and O–H groups in total. The summed E-state index contributed by atoms with van der Waals surface area (Å²) in [6.07, 6.45) is 2.18. The fraction of sp³-hybridized carbons (Fsp3) is 0.526. The van der Waals surface area contributed by atoms with E-state index in [1.54, 1.807) is 0 Å². The predicted molar refractivity (Wildman–Crippen MR) is 102 cm³/mol. The molecule has 0 saturated carbocycles. The molecule has 1 aromatic carbocycles. The molecule has 0 bridgehead atoms. The van der Waals surface area contributed by atoms with E-state index in [2.05, 4.69) is 71.7 Å². The number of piperidine rings is 1. The highest BCUT2D eigenvalue weighted by Crippen LogP contribution is 2.47. The second-order valence-electron chi connectivity index (χ2n) is 7.93. The lowest BCUT2D eigenvalue weighted by atomic mass is 9.71. The quantitative estimate of drug-likeness (QED) is 0.598. The van der Waals surface area contributed by atoms with Gasteiger partial charge in [-0.25, -0.2) is 4.98 Å². The number of nitrogens with two attached hydrogens (primary N) is 1. The zero-order chi connectivity index (χ0) is 16.8. The number of likely N-dealkylation sites (tertiary alicyclic amines) is 1. The van der Waals surface area contributed by atoms with Crippen LogP contribution in [0.25, 0.3) is 10.9 Å². The van der Waals surface area contributed by atoms with Crippen LogP contribution in [0.4, 0.5) is 5.82 Å². The summed E-state index contributed by atoms with van der Waals surface area (Å²) in [5, 5.41) is 1.18. The predicted octanol–water partition coefficient (Wildman–Crippen LogP) is 4.91. The van der Waals surface area contributed by atoms with Crippen LogP contribution in [-0.2, 0) is 0 Å². The summed E-state index contributed by atoms with van der Waals surface area (Å²) in [6.45, 7) is 9.30. The molecule has 3 nitrogen and oxygen atoms in total. The van der Waals surface area contributed by atoms with Crippen molar-refractivity contribution in [1.29, 1.82) is 0 Å². The number of halogens is 1. The molecule has 0 aliphatic carbocycles. The molecular weight excluding hydrogens is 350 g/mol. The highest BCUT2D eigenvalue weighted by Gasteiger charge is 2.45. The molecule has 0 atom stereocenters. The second-order valence-corrected chi connectivity index (χ2v) is 8.43. The van der Waals surface area contributed by atoms with Gasteiger partial charge in [0.25, 0.3) is 0 Å². The lowest BCUT2D eigenvalue weighted by molar-refractivity contribution is -0.0174. The smallest absolute Gasteiger partial charge is 0.127 e. The molecular formula is C19H26BrN3. The van der Waals surface area contributed by atoms with Gasteiger partial charge in [0.15, 0.2) is 0 Å². The second kappa shape index (κ2) is 5.75. The van der Waals surface area contributed by atoms with Crippen LogP contribution in [0.15, 0.2) is 30.3 Å². The highest BCUT2D eigenvalue weighted by molar-refractivity contribution is 9.09. The molecule has 124 valence electrons. The van der Waals surface area contributed by atoms with Gasteiger partial charge in [-0.1, -0.05) is 34.1 Å². The van der Waals surface area contributed by atoms with Gasteiger partial charge in [0.05, 0.1) is 11.0 Å². The molecule has 2 aromatic rings. The van der Waals surface area contributed by atoms with Crippen molar-refractivity contribution in [1.82, 2.24) is 9.88 Å². The van der Waals surface area contributed by atoms with Crippen molar-refractivity contribution in [2.45, 2.75) is 57.5 Å². The molecule has 0 spiro atoms. The first-order chi connectivity index (χ1) is 10.7. The first-order valence-electron chi connectivity index (χ1n) is 8.23. The highest BCUT2D eigenvalue weighted by atomic mass is 79.9. The van der Waals surface area contributed by atoms with E-state index in [0.717, 1.165) is 23.8 Å². The Bertz CT molecular complexity index is 706. The number of hydrogen-bond donors (Lipinski definition) is 1. The molecule has 1 aliphatic rings. The minimum absolute atomic E-state index is 0.119. The Kier molecular flexibility index (Phi) is 4.18. The van der Waals surface area contributed by atoms with Gasteiger partial charge in [0.1, 0.15) is 5.82 Å². The van der Waals surface area contributed by atoms with E-state index in [1.165, 1.54) is 10.9 Å². The van der Waals surface area contributed by atoms with Crippen LogP contribution in [0.5, 0.6) is 0 Å². The van der Waals surface area contributed by atoms with Crippen molar-refractivity contribution in [2.24, 2.45) is 0 Å². The van der Waals surface area contributed by atoms with Crippen LogP contribution in [0, 0.1) is 0 Å². The lowest BCUT2D eigenvalue weighted by Gasteiger charge is -2.55. The summed E-state index contributed by atoms with van der Waals surface area (Å²) in [5.74, 6) is 1.12. The Morgan fingerprint density at radius 3 is 2.39 bits per heavy atom. The Morgan fingerprint density at radius 2 is 1.78 bits per heavy atom. The van der Waals surface area contributed by atoms with E-state index in [4.69, 9.17) is 5.73 Å². The summed E-state index contributed by atoms with van der Waals surface area (Å²) in [6, 6.07) is 10.5. The van der Waals surface area contributed by atoms with E-state index in [-0.39, 0.29) is 11.1 Å². The molecule has 0 unspecified atom stereocenters. The van der Waals surface area contributed by atoms with Crippen molar-refractivity contribution in [3.8, 4) is 0 Å². The average Bonchev–Trinajstić information content (AvgIpc) is 2.44. The minimum Gasteiger partial charge on any atom is -0.383 e. The maximum atomic E-state index is 6.33. The van der Waals surface area contributed by atoms with Gasteiger partial charge >= 0.3 is 0 Å². The Balaban J connectivity index is 2.04. The molecule has 1 saturated heterocycles. The van der Waals surface area contributed by atoms with E-state index in [9.17, 15) is 0 Å². The number of fused-ring (bicyclic) bond motifs is 1. The van der Waals surface area contributed by atoms with Crippen LogP contribution in [0.2, 0.25) is 0 Å². The summed E-state index contributed by atoms with van der Waals surface area (Å²) >= 11 is 3.67. The van der Waals surface area contributed by atoms with Crippen molar-refractivity contribution in [3.63, 3.8) is 0 Å². The molecule has 0 radical (unpaired) electrons. The molecule has 23 heavy (non-hydrogen) atoms. The number of pyridine rings is 1. The topological polar surface area (TPSA) is 42.1 Å². The summed E-state index contributed by atoms with van der Waals surface area (Å²) in [5.41, 5.74) is 9.64. The van der Waals surface area contributed by atoms with E-state index in [1.807, 2.05) is 12.1 Å². The minimum atomic E-state index is 0.119. The molecule has 3 rings (SSSR count). The third kappa shape index (κ3) is 2.99. The average molecular weight is 376 g/mol. The van der Waals surface area contributed by atoms with Gasteiger partial charge in [-0.3, -0.25) is 4.90 Å². The van der Waals surface area contributed by atoms with Crippen molar-refractivity contribution in [3.05, 3.63) is 35.9 Å². The molecule has 1 fully saturated rings. The van der Waals surface area contributed by atoms with Crippen LogP contribution in [-0.4, -0.2) is 26.4 Å². The van der Waals surface area contributed by atoms with Crippen molar-refractivity contribution in [2.75, 3.05) is 11.2 Å². The van der Waals surface area contributed by atoms with Crippen LogP contribution < -0.4 is 5.73 Å². The van der Waals surface area contributed by atoms with Crippen LogP contribution in [0.1, 0.15) is 52.0 Å². The molecule has 4 heteroatoms. The maximum Gasteiger partial charge on any atom is 0.127 e.